The summed E-state index contributed by atoms with van der Waals surface area (Å²) in [5, 5.41) is 0. The molecule has 0 spiro atoms. The maximum absolute atomic E-state index is 12.8. The lowest BCUT2D eigenvalue weighted by molar-refractivity contribution is 0.136. The zero-order valence-corrected chi connectivity index (χ0v) is 12.7. The predicted octanol–water partition coefficient (Wildman–Crippen LogP) is 4.12. The van der Waals surface area contributed by atoms with E-state index in [4.69, 9.17) is 4.74 Å². The molecule has 0 aliphatic carbocycles. The molecule has 0 saturated carbocycles. The monoisotopic (exact) mass is 299 g/mol. The third-order valence-electron chi connectivity index (χ3n) is 4.26. The van der Waals surface area contributed by atoms with Gasteiger partial charge in [-0.3, -0.25) is 4.90 Å². The molecule has 0 aromatic heterocycles. The van der Waals surface area contributed by atoms with Crippen molar-refractivity contribution in [2.45, 2.75) is 19.4 Å². The Kier molecular flexibility index (Phi) is 5.07. The fourth-order valence-electron chi connectivity index (χ4n) is 2.90. The number of rotatable bonds is 5. The summed E-state index contributed by atoms with van der Waals surface area (Å²) in [5.74, 6) is 1.13. The molecule has 2 aromatic rings. The highest BCUT2D eigenvalue weighted by molar-refractivity contribution is 5.22. The molecule has 0 atom stereocenters. The molecule has 0 bridgehead atoms. The first kappa shape index (κ1) is 15.0. The average molecular weight is 299 g/mol. The molecule has 1 saturated heterocycles. The van der Waals surface area contributed by atoms with Gasteiger partial charge in [0.1, 0.15) is 11.6 Å². The molecule has 1 fully saturated rings. The lowest BCUT2D eigenvalue weighted by Gasteiger charge is -2.31. The summed E-state index contributed by atoms with van der Waals surface area (Å²) in [7, 11) is 0. The Labute approximate surface area is 131 Å². The predicted molar refractivity (Wildman–Crippen MR) is 86.3 cm³/mol. The van der Waals surface area contributed by atoms with E-state index in [0.717, 1.165) is 44.8 Å². The highest BCUT2D eigenvalue weighted by atomic mass is 19.1. The SMILES string of the molecule is Fc1ccc(OCC2CCN(Cc3ccccc3)CC2)cc1. The van der Waals surface area contributed by atoms with Crippen LogP contribution in [-0.4, -0.2) is 24.6 Å². The number of hydrogen-bond donors (Lipinski definition) is 0. The molecule has 0 N–H and O–H groups in total. The van der Waals surface area contributed by atoms with Crippen LogP contribution in [0.25, 0.3) is 0 Å². The minimum atomic E-state index is -0.221. The standard InChI is InChI=1S/C19H22FNO/c20-18-6-8-19(9-7-18)22-15-17-10-12-21(13-11-17)14-16-4-2-1-3-5-16/h1-9,17H,10-15H2. The zero-order chi connectivity index (χ0) is 15.2. The highest BCUT2D eigenvalue weighted by Crippen LogP contribution is 2.21. The van der Waals surface area contributed by atoms with E-state index in [1.165, 1.54) is 17.7 Å². The van der Waals surface area contributed by atoms with Crippen molar-refractivity contribution in [3.05, 3.63) is 66.0 Å². The molecule has 3 heteroatoms. The van der Waals surface area contributed by atoms with Crippen LogP contribution in [0, 0.1) is 11.7 Å². The largest absolute Gasteiger partial charge is 0.493 e. The molecule has 0 amide bonds. The van der Waals surface area contributed by atoms with Gasteiger partial charge in [0.25, 0.3) is 0 Å². The molecule has 1 aliphatic heterocycles. The van der Waals surface area contributed by atoms with Crippen LogP contribution in [0.5, 0.6) is 5.75 Å². The Balaban J connectivity index is 1.41. The molecule has 0 unspecified atom stereocenters. The smallest absolute Gasteiger partial charge is 0.123 e. The number of hydrogen-bond acceptors (Lipinski definition) is 2. The summed E-state index contributed by atoms with van der Waals surface area (Å²) in [6.45, 7) is 4.00. The van der Waals surface area contributed by atoms with Gasteiger partial charge in [0.05, 0.1) is 6.61 Å². The van der Waals surface area contributed by atoms with Gasteiger partial charge in [-0.1, -0.05) is 30.3 Å². The van der Waals surface area contributed by atoms with Gasteiger partial charge in [-0.25, -0.2) is 4.39 Å². The Hall–Kier alpha value is -1.87. The van der Waals surface area contributed by atoms with E-state index < -0.39 is 0 Å². The fraction of sp³-hybridized carbons (Fsp3) is 0.368. The second-order valence-electron chi connectivity index (χ2n) is 5.97. The Morgan fingerprint density at radius 2 is 1.64 bits per heavy atom. The lowest BCUT2D eigenvalue weighted by Crippen LogP contribution is -2.35. The quantitative estimate of drug-likeness (QED) is 0.823. The van der Waals surface area contributed by atoms with E-state index in [0.29, 0.717) is 5.92 Å². The van der Waals surface area contributed by atoms with Crippen LogP contribution in [-0.2, 0) is 6.54 Å². The number of likely N-dealkylation sites (tertiary alicyclic amines) is 1. The van der Waals surface area contributed by atoms with Crippen LogP contribution >= 0.6 is 0 Å². The molecule has 1 heterocycles. The topological polar surface area (TPSA) is 12.5 Å². The Bertz CT molecular complexity index is 562. The highest BCUT2D eigenvalue weighted by Gasteiger charge is 2.19. The summed E-state index contributed by atoms with van der Waals surface area (Å²) in [4.78, 5) is 2.50. The van der Waals surface area contributed by atoms with E-state index >= 15 is 0 Å². The van der Waals surface area contributed by atoms with Crippen molar-refractivity contribution in [2.75, 3.05) is 19.7 Å². The number of nitrogens with zero attached hydrogens (tertiary/aromatic N) is 1. The maximum atomic E-state index is 12.8. The summed E-state index contributed by atoms with van der Waals surface area (Å²) in [6, 6.07) is 16.9. The van der Waals surface area contributed by atoms with Crippen molar-refractivity contribution < 1.29 is 9.13 Å². The summed E-state index contributed by atoms with van der Waals surface area (Å²) in [5.41, 5.74) is 1.38. The average Bonchev–Trinajstić information content (AvgIpc) is 2.57. The van der Waals surface area contributed by atoms with Crippen molar-refractivity contribution >= 4 is 0 Å². The van der Waals surface area contributed by atoms with E-state index in [2.05, 4.69) is 35.2 Å². The van der Waals surface area contributed by atoms with Gasteiger partial charge in [-0.2, -0.15) is 0 Å². The van der Waals surface area contributed by atoms with E-state index in [1.54, 1.807) is 12.1 Å². The minimum absolute atomic E-state index is 0.221. The molecule has 1 aliphatic rings. The Morgan fingerprint density at radius 1 is 0.955 bits per heavy atom. The van der Waals surface area contributed by atoms with Gasteiger partial charge in [-0.05, 0) is 61.7 Å². The van der Waals surface area contributed by atoms with Crippen molar-refractivity contribution in [3.63, 3.8) is 0 Å². The molecule has 22 heavy (non-hydrogen) atoms. The van der Waals surface area contributed by atoms with Crippen LogP contribution in [0.2, 0.25) is 0 Å². The lowest BCUT2D eigenvalue weighted by atomic mass is 9.97. The van der Waals surface area contributed by atoms with Crippen molar-refractivity contribution in [1.82, 2.24) is 4.90 Å². The van der Waals surface area contributed by atoms with Gasteiger partial charge in [0.15, 0.2) is 0 Å². The van der Waals surface area contributed by atoms with Crippen LogP contribution in [0.4, 0.5) is 4.39 Å². The first-order valence-corrected chi connectivity index (χ1v) is 7.94. The van der Waals surface area contributed by atoms with Gasteiger partial charge in [0.2, 0.25) is 0 Å². The first-order chi connectivity index (χ1) is 10.8. The van der Waals surface area contributed by atoms with Crippen molar-refractivity contribution in [1.29, 1.82) is 0 Å². The van der Waals surface area contributed by atoms with Gasteiger partial charge in [-0.15, -0.1) is 0 Å². The molecule has 116 valence electrons. The third-order valence-corrected chi connectivity index (χ3v) is 4.26. The van der Waals surface area contributed by atoms with E-state index in [9.17, 15) is 4.39 Å². The molecular formula is C19H22FNO. The van der Waals surface area contributed by atoms with E-state index in [-0.39, 0.29) is 5.82 Å². The summed E-state index contributed by atoms with van der Waals surface area (Å²) >= 11 is 0. The number of piperidine rings is 1. The fourth-order valence-corrected chi connectivity index (χ4v) is 2.90. The summed E-state index contributed by atoms with van der Waals surface area (Å²) < 4.78 is 18.6. The minimum Gasteiger partial charge on any atom is -0.493 e. The third kappa shape index (κ3) is 4.31. The Morgan fingerprint density at radius 3 is 2.32 bits per heavy atom. The maximum Gasteiger partial charge on any atom is 0.123 e. The van der Waals surface area contributed by atoms with Gasteiger partial charge < -0.3 is 4.74 Å². The van der Waals surface area contributed by atoms with Crippen LogP contribution in [0.15, 0.2) is 54.6 Å². The van der Waals surface area contributed by atoms with Crippen molar-refractivity contribution in [2.24, 2.45) is 5.92 Å². The second kappa shape index (κ2) is 7.41. The summed E-state index contributed by atoms with van der Waals surface area (Å²) in [6.07, 6.45) is 2.32. The number of benzene rings is 2. The second-order valence-corrected chi connectivity index (χ2v) is 5.97. The van der Waals surface area contributed by atoms with E-state index in [1.807, 2.05) is 0 Å². The van der Waals surface area contributed by atoms with Gasteiger partial charge in [0, 0.05) is 6.54 Å². The molecule has 0 radical (unpaired) electrons. The van der Waals surface area contributed by atoms with Gasteiger partial charge >= 0.3 is 0 Å². The first-order valence-electron chi connectivity index (χ1n) is 7.94. The molecule has 3 rings (SSSR count). The normalized spacial score (nSPS) is 16.6. The number of halogens is 1. The number of ether oxygens (including phenoxy) is 1. The molecular weight excluding hydrogens is 277 g/mol. The van der Waals surface area contributed by atoms with Crippen molar-refractivity contribution in [3.8, 4) is 5.75 Å². The van der Waals surface area contributed by atoms with Crippen LogP contribution in [0.3, 0.4) is 0 Å². The van der Waals surface area contributed by atoms with Crippen LogP contribution in [0.1, 0.15) is 18.4 Å². The molecule has 2 aromatic carbocycles. The molecule has 2 nitrogen and oxygen atoms in total. The zero-order valence-electron chi connectivity index (χ0n) is 12.7. The van der Waals surface area contributed by atoms with Crippen LogP contribution < -0.4 is 4.74 Å².